The van der Waals surface area contributed by atoms with E-state index in [1.54, 1.807) is 20.8 Å². The molecule has 2 heterocycles. The van der Waals surface area contributed by atoms with Crippen LogP contribution in [0, 0.1) is 0 Å². The summed E-state index contributed by atoms with van der Waals surface area (Å²) in [7, 11) is -3.16. The highest BCUT2D eigenvalue weighted by atomic mass is 32.2. The van der Waals surface area contributed by atoms with Gasteiger partial charge in [-0.05, 0) is 20.8 Å². The highest BCUT2D eigenvalue weighted by molar-refractivity contribution is 7.91. The second-order valence-corrected chi connectivity index (χ2v) is 8.80. The first-order valence-corrected chi connectivity index (χ1v) is 9.00. The number of carbonyl (C=O) groups is 1. The van der Waals surface area contributed by atoms with Crippen LogP contribution < -0.4 is 0 Å². The van der Waals surface area contributed by atoms with Crippen molar-refractivity contribution < 1.29 is 23.1 Å². The van der Waals surface area contributed by atoms with Crippen molar-refractivity contribution in [3.05, 3.63) is 0 Å². The number of carbonyl (C=O) groups excluding carboxylic acids is 1. The smallest absolute Gasteiger partial charge is 0.410 e. The molecule has 1 N–H and O–H groups in total. The summed E-state index contributed by atoms with van der Waals surface area (Å²) in [6.07, 6.45) is -0.460. The van der Waals surface area contributed by atoms with Crippen molar-refractivity contribution in [3.63, 3.8) is 0 Å². The van der Waals surface area contributed by atoms with Crippen LogP contribution in [0.25, 0.3) is 0 Å². The van der Waals surface area contributed by atoms with Crippen LogP contribution in [-0.4, -0.2) is 84.8 Å². The summed E-state index contributed by atoms with van der Waals surface area (Å²) in [6.45, 7) is 6.75. The number of nitrogens with zero attached hydrogens (tertiary/aromatic N) is 2. The molecule has 2 fully saturated rings. The second kappa shape index (κ2) is 5.73. The van der Waals surface area contributed by atoms with E-state index in [1.807, 2.05) is 4.90 Å². The van der Waals surface area contributed by atoms with Crippen LogP contribution in [0.3, 0.4) is 0 Å². The zero-order valence-corrected chi connectivity index (χ0v) is 13.6. The van der Waals surface area contributed by atoms with Gasteiger partial charge in [0.2, 0.25) is 0 Å². The molecule has 0 aliphatic carbocycles. The van der Waals surface area contributed by atoms with E-state index in [-0.39, 0.29) is 30.2 Å². The third-order valence-electron chi connectivity index (χ3n) is 3.81. The summed E-state index contributed by atoms with van der Waals surface area (Å²) in [5.74, 6) is 0.00972. The number of ether oxygens (including phenoxy) is 1. The minimum Gasteiger partial charge on any atom is -0.444 e. The summed E-state index contributed by atoms with van der Waals surface area (Å²) in [5, 5.41) is 9.10. The molecule has 2 aliphatic rings. The van der Waals surface area contributed by atoms with Gasteiger partial charge in [0.1, 0.15) is 5.60 Å². The van der Waals surface area contributed by atoms with E-state index in [4.69, 9.17) is 9.84 Å². The number of hydrogen-bond acceptors (Lipinski definition) is 6. The van der Waals surface area contributed by atoms with Gasteiger partial charge in [0.15, 0.2) is 9.84 Å². The maximum atomic E-state index is 12.3. The Morgan fingerprint density at radius 2 is 1.86 bits per heavy atom. The Labute approximate surface area is 125 Å². The highest BCUT2D eigenvalue weighted by Gasteiger charge is 2.48. The molecule has 0 saturated carbocycles. The van der Waals surface area contributed by atoms with Crippen LogP contribution in [0.15, 0.2) is 0 Å². The van der Waals surface area contributed by atoms with Crippen LogP contribution in [-0.2, 0) is 14.6 Å². The molecule has 0 aromatic heterocycles. The lowest BCUT2D eigenvalue weighted by Gasteiger charge is -2.43. The molecule has 0 aromatic carbocycles. The first kappa shape index (κ1) is 16.5. The van der Waals surface area contributed by atoms with Gasteiger partial charge in [0.05, 0.1) is 24.2 Å². The minimum atomic E-state index is -3.16. The number of amides is 1. The Bertz CT molecular complexity index is 499. The summed E-state index contributed by atoms with van der Waals surface area (Å²) >= 11 is 0. The first-order chi connectivity index (χ1) is 9.63. The fourth-order valence-electron chi connectivity index (χ4n) is 2.98. The summed E-state index contributed by atoms with van der Waals surface area (Å²) in [5.41, 5.74) is -0.605. The monoisotopic (exact) mass is 320 g/mol. The van der Waals surface area contributed by atoms with Crippen molar-refractivity contribution >= 4 is 15.9 Å². The zero-order valence-electron chi connectivity index (χ0n) is 12.8. The molecule has 2 aliphatic heterocycles. The van der Waals surface area contributed by atoms with Gasteiger partial charge in [-0.1, -0.05) is 0 Å². The number of rotatable bonds is 2. The molecule has 0 aromatic rings. The Morgan fingerprint density at radius 3 is 2.43 bits per heavy atom. The topological polar surface area (TPSA) is 87.2 Å². The van der Waals surface area contributed by atoms with E-state index in [0.29, 0.717) is 19.6 Å². The molecule has 0 bridgehead atoms. The van der Waals surface area contributed by atoms with Crippen LogP contribution in [0.5, 0.6) is 0 Å². The van der Waals surface area contributed by atoms with Crippen LogP contribution in [0.2, 0.25) is 0 Å². The maximum Gasteiger partial charge on any atom is 0.410 e. The van der Waals surface area contributed by atoms with Crippen molar-refractivity contribution in [2.24, 2.45) is 0 Å². The highest BCUT2D eigenvalue weighted by Crippen LogP contribution is 2.28. The van der Waals surface area contributed by atoms with Gasteiger partial charge in [0.25, 0.3) is 0 Å². The van der Waals surface area contributed by atoms with Crippen molar-refractivity contribution in [2.45, 2.75) is 38.5 Å². The van der Waals surface area contributed by atoms with E-state index in [9.17, 15) is 13.2 Å². The fourth-order valence-corrected chi connectivity index (χ4v) is 4.99. The lowest BCUT2D eigenvalue weighted by molar-refractivity contribution is -0.0113. The Morgan fingerprint density at radius 1 is 1.24 bits per heavy atom. The third-order valence-corrected chi connectivity index (χ3v) is 5.51. The first-order valence-electron chi connectivity index (χ1n) is 7.18. The Kier molecular flexibility index (Phi) is 4.51. The van der Waals surface area contributed by atoms with Gasteiger partial charge in [-0.15, -0.1) is 0 Å². The molecule has 8 heteroatoms. The lowest BCUT2D eigenvalue weighted by atomic mass is 10.1. The SMILES string of the molecule is CC(C)(C)OC(=O)N1CCN(CCO)[C@@H]2CS(=O)(=O)C[C@H]21. The van der Waals surface area contributed by atoms with Crippen LogP contribution in [0.4, 0.5) is 4.79 Å². The number of sulfone groups is 1. The number of hydrogen-bond donors (Lipinski definition) is 1. The van der Waals surface area contributed by atoms with Crippen molar-refractivity contribution in [3.8, 4) is 0 Å². The molecule has 0 unspecified atom stereocenters. The normalized spacial score (nSPS) is 29.2. The van der Waals surface area contributed by atoms with Crippen molar-refractivity contribution in [1.82, 2.24) is 9.80 Å². The summed E-state index contributed by atoms with van der Waals surface area (Å²) in [6, 6.07) is -0.631. The predicted octanol–water partition coefficient (Wildman–Crippen LogP) is -0.303. The molecule has 0 spiro atoms. The number of fused-ring (bicyclic) bond motifs is 1. The van der Waals surface area contributed by atoms with E-state index in [1.165, 1.54) is 4.90 Å². The second-order valence-electron chi connectivity index (χ2n) is 6.64. The van der Waals surface area contributed by atoms with Gasteiger partial charge in [-0.25, -0.2) is 13.2 Å². The number of piperazine rings is 1. The zero-order chi connectivity index (χ0) is 15.8. The van der Waals surface area contributed by atoms with E-state index in [2.05, 4.69) is 0 Å². The number of aliphatic hydroxyl groups is 1. The standard InChI is InChI=1S/C13H24N2O5S/c1-13(2,3)20-12(17)15-5-4-14(6-7-16)10-8-21(18,19)9-11(10)15/h10-11,16H,4-9H2,1-3H3/t10-,11-/m1/s1. The summed E-state index contributed by atoms with van der Waals surface area (Å²) in [4.78, 5) is 15.8. The molecule has 0 radical (unpaired) electrons. The fraction of sp³-hybridized carbons (Fsp3) is 0.923. The molecular weight excluding hydrogens is 296 g/mol. The molecular formula is C13H24N2O5S. The molecule has 2 rings (SSSR count). The predicted molar refractivity (Wildman–Crippen MR) is 77.8 cm³/mol. The van der Waals surface area contributed by atoms with E-state index >= 15 is 0 Å². The average molecular weight is 320 g/mol. The van der Waals surface area contributed by atoms with Crippen molar-refractivity contribution in [1.29, 1.82) is 0 Å². The Balaban J connectivity index is 2.17. The number of aliphatic hydroxyl groups excluding tert-OH is 1. The van der Waals surface area contributed by atoms with E-state index < -0.39 is 21.5 Å². The molecule has 2 saturated heterocycles. The maximum absolute atomic E-state index is 12.3. The van der Waals surface area contributed by atoms with Gasteiger partial charge in [-0.2, -0.15) is 0 Å². The molecule has 1 amide bonds. The molecule has 7 nitrogen and oxygen atoms in total. The average Bonchev–Trinajstić information content (AvgIpc) is 2.62. The minimum absolute atomic E-state index is 0.0181. The van der Waals surface area contributed by atoms with Crippen molar-refractivity contribution in [2.75, 3.05) is 37.7 Å². The molecule has 122 valence electrons. The number of β-amino-alcohol motifs (C(OH)–C–C–N with tert-alkyl or cyclic N) is 1. The van der Waals surface area contributed by atoms with Gasteiger partial charge < -0.3 is 14.7 Å². The Hall–Kier alpha value is -0.860. The quantitative estimate of drug-likeness (QED) is 0.751. The van der Waals surface area contributed by atoms with E-state index in [0.717, 1.165) is 0 Å². The third kappa shape index (κ3) is 3.87. The van der Waals surface area contributed by atoms with Gasteiger partial charge >= 0.3 is 6.09 Å². The van der Waals surface area contributed by atoms with Gasteiger partial charge in [-0.3, -0.25) is 4.90 Å². The van der Waals surface area contributed by atoms with Crippen LogP contribution >= 0.6 is 0 Å². The summed E-state index contributed by atoms with van der Waals surface area (Å²) < 4.78 is 29.2. The van der Waals surface area contributed by atoms with Crippen LogP contribution in [0.1, 0.15) is 20.8 Å². The lowest BCUT2D eigenvalue weighted by Crippen LogP contribution is -2.61. The molecule has 2 atom stereocenters. The molecule has 21 heavy (non-hydrogen) atoms. The largest absolute Gasteiger partial charge is 0.444 e. The van der Waals surface area contributed by atoms with Gasteiger partial charge in [0, 0.05) is 25.7 Å².